The van der Waals surface area contributed by atoms with Crippen molar-refractivity contribution in [2.24, 2.45) is 0 Å². The molecule has 0 spiro atoms. The highest BCUT2D eigenvalue weighted by Crippen LogP contribution is 1.98. The topological polar surface area (TPSA) is 93.1 Å². The Morgan fingerprint density at radius 1 is 0.829 bits per heavy atom. The molecule has 1 aromatic rings. The van der Waals surface area contributed by atoms with Gasteiger partial charge in [0.2, 0.25) is 0 Å². The molecule has 2 N–H and O–H groups in total. The van der Waals surface area contributed by atoms with E-state index in [4.69, 9.17) is 14.9 Å². The molecule has 0 aromatic heterocycles. The number of hydrogen-bond acceptors (Lipinski definition) is 6. The van der Waals surface area contributed by atoms with Gasteiger partial charge in [-0.2, -0.15) is 0 Å². The summed E-state index contributed by atoms with van der Waals surface area (Å²) in [6.45, 7) is 17.7. The van der Waals surface area contributed by atoms with Crippen LogP contribution in [0.4, 0.5) is 0 Å². The molecular formula is C29H48O6. The van der Waals surface area contributed by atoms with E-state index in [0.717, 1.165) is 51.4 Å². The SMILES string of the molecule is C=C(C)C(=O)OCCCC.C=CC(=O)OCCCC.C=Cc1ccccc1.OCCCCCCO. The third-order valence-corrected chi connectivity index (χ3v) is 4.09. The van der Waals surface area contributed by atoms with Crippen LogP contribution in [0.25, 0.3) is 6.08 Å². The second-order valence-corrected chi connectivity index (χ2v) is 7.47. The monoisotopic (exact) mass is 492 g/mol. The minimum absolute atomic E-state index is 0.283. The zero-order valence-corrected chi connectivity index (χ0v) is 22.2. The van der Waals surface area contributed by atoms with Gasteiger partial charge in [-0.3, -0.25) is 0 Å². The third-order valence-electron chi connectivity index (χ3n) is 4.09. The Morgan fingerprint density at radius 2 is 1.31 bits per heavy atom. The molecule has 0 aliphatic carbocycles. The molecule has 0 amide bonds. The molecule has 35 heavy (non-hydrogen) atoms. The maximum absolute atomic E-state index is 10.7. The average Bonchev–Trinajstić information content (AvgIpc) is 2.88. The van der Waals surface area contributed by atoms with E-state index in [1.165, 1.54) is 11.6 Å². The highest BCUT2D eigenvalue weighted by atomic mass is 16.5. The molecule has 6 nitrogen and oxygen atoms in total. The Hall–Kier alpha value is -2.70. The smallest absolute Gasteiger partial charge is 0.333 e. The van der Waals surface area contributed by atoms with E-state index in [-0.39, 0.29) is 25.2 Å². The Kier molecular flexibility index (Phi) is 33.0. The van der Waals surface area contributed by atoms with E-state index in [1.54, 1.807) is 6.92 Å². The molecule has 0 bridgehead atoms. The number of carbonyl (C=O) groups excluding carboxylic acids is 2. The minimum Gasteiger partial charge on any atom is -0.463 e. The first-order chi connectivity index (χ1) is 16.8. The van der Waals surface area contributed by atoms with Crippen LogP contribution in [0.1, 0.15) is 77.7 Å². The number of rotatable bonds is 14. The van der Waals surface area contributed by atoms with E-state index in [2.05, 4.69) is 31.4 Å². The number of esters is 2. The van der Waals surface area contributed by atoms with Gasteiger partial charge in [-0.1, -0.05) is 95.7 Å². The summed E-state index contributed by atoms with van der Waals surface area (Å²) in [6, 6.07) is 10.0. The first-order valence-electron chi connectivity index (χ1n) is 12.3. The number of aliphatic hydroxyl groups excluding tert-OH is 2. The van der Waals surface area contributed by atoms with E-state index >= 15 is 0 Å². The number of unbranched alkanes of at least 4 members (excludes halogenated alkanes) is 5. The summed E-state index contributed by atoms with van der Waals surface area (Å²) in [4.78, 5) is 21.0. The molecule has 1 rings (SSSR count). The standard InChI is InChI=1S/C8H14O2.C8H8.C7H12O2.C6H14O2/c1-4-5-6-10-8(9)7(2)3;1-2-8-6-4-3-5-7-8;1-3-5-6-9-7(8)4-2;7-5-3-1-2-4-6-8/h2,4-6H2,1,3H3;2-7H,1H2;4H,2-3,5-6H2,1H3;7-8H,1-6H2. The molecule has 0 aliphatic heterocycles. The zero-order chi connectivity index (χ0) is 27.2. The van der Waals surface area contributed by atoms with Crippen LogP contribution in [0.5, 0.6) is 0 Å². The fourth-order valence-corrected chi connectivity index (χ4v) is 1.97. The number of ether oxygens (including phenoxy) is 2. The molecular weight excluding hydrogens is 444 g/mol. The van der Waals surface area contributed by atoms with Gasteiger partial charge in [-0.15, -0.1) is 0 Å². The highest BCUT2D eigenvalue weighted by Gasteiger charge is 2.00. The van der Waals surface area contributed by atoms with Crippen LogP contribution in [0, 0.1) is 0 Å². The third kappa shape index (κ3) is 33.6. The van der Waals surface area contributed by atoms with Crippen LogP contribution < -0.4 is 0 Å². The summed E-state index contributed by atoms with van der Waals surface area (Å²) in [6.07, 6.45) is 10.8. The molecule has 0 saturated heterocycles. The summed E-state index contributed by atoms with van der Waals surface area (Å²) < 4.78 is 9.48. The van der Waals surface area contributed by atoms with Crippen LogP contribution >= 0.6 is 0 Å². The van der Waals surface area contributed by atoms with Crippen molar-refractivity contribution >= 4 is 18.0 Å². The van der Waals surface area contributed by atoms with Crippen LogP contribution in [0.3, 0.4) is 0 Å². The fraction of sp³-hybridized carbons (Fsp3) is 0.517. The lowest BCUT2D eigenvalue weighted by Gasteiger charge is -2.01. The largest absolute Gasteiger partial charge is 0.463 e. The van der Waals surface area contributed by atoms with Gasteiger partial charge in [0.1, 0.15) is 0 Å². The second-order valence-electron chi connectivity index (χ2n) is 7.47. The van der Waals surface area contributed by atoms with E-state index in [1.807, 2.05) is 43.3 Å². The van der Waals surface area contributed by atoms with Crippen molar-refractivity contribution in [2.45, 2.75) is 72.1 Å². The number of benzene rings is 1. The molecule has 0 saturated carbocycles. The quantitative estimate of drug-likeness (QED) is 0.180. The molecule has 0 aliphatic rings. The van der Waals surface area contributed by atoms with Gasteiger partial charge < -0.3 is 19.7 Å². The van der Waals surface area contributed by atoms with Crippen LogP contribution in [0.15, 0.2) is 61.7 Å². The first kappa shape index (κ1) is 36.9. The van der Waals surface area contributed by atoms with Crippen molar-refractivity contribution in [1.29, 1.82) is 0 Å². The average molecular weight is 493 g/mol. The minimum atomic E-state index is -0.330. The molecule has 0 atom stereocenters. The molecule has 0 radical (unpaired) electrons. The Bertz CT molecular complexity index is 634. The molecule has 0 unspecified atom stereocenters. The van der Waals surface area contributed by atoms with Crippen LogP contribution in [-0.2, 0) is 19.1 Å². The summed E-state index contributed by atoms with van der Waals surface area (Å²) in [5, 5.41) is 16.6. The molecule has 200 valence electrons. The molecule has 0 heterocycles. The lowest BCUT2D eigenvalue weighted by Crippen LogP contribution is -2.05. The predicted octanol–water partition coefficient (Wildman–Crippen LogP) is 6.28. The maximum Gasteiger partial charge on any atom is 0.333 e. The lowest BCUT2D eigenvalue weighted by molar-refractivity contribution is -0.139. The number of aliphatic hydroxyl groups is 2. The normalized spacial score (nSPS) is 8.94. The van der Waals surface area contributed by atoms with E-state index in [9.17, 15) is 9.59 Å². The van der Waals surface area contributed by atoms with Crippen LogP contribution in [-0.4, -0.2) is 48.6 Å². The van der Waals surface area contributed by atoms with Gasteiger partial charge >= 0.3 is 11.9 Å². The van der Waals surface area contributed by atoms with Gasteiger partial charge in [-0.05, 0) is 38.2 Å². The Balaban J connectivity index is -0.000000391. The first-order valence-corrected chi connectivity index (χ1v) is 12.3. The molecule has 0 fully saturated rings. The number of carbonyl (C=O) groups is 2. The van der Waals surface area contributed by atoms with Gasteiger partial charge in [0, 0.05) is 24.9 Å². The summed E-state index contributed by atoms with van der Waals surface area (Å²) in [5.41, 5.74) is 1.64. The predicted molar refractivity (Wildman–Crippen MR) is 146 cm³/mol. The van der Waals surface area contributed by atoms with E-state index in [0.29, 0.717) is 18.8 Å². The summed E-state index contributed by atoms with van der Waals surface area (Å²) >= 11 is 0. The van der Waals surface area contributed by atoms with Gasteiger partial charge in [0.25, 0.3) is 0 Å². The fourth-order valence-electron chi connectivity index (χ4n) is 1.97. The molecule has 6 heteroatoms. The van der Waals surface area contributed by atoms with E-state index < -0.39 is 0 Å². The lowest BCUT2D eigenvalue weighted by atomic mass is 10.2. The van der Waals surface area contributed by atoms with Gasteiger partial charge in [0.05, 0.1) is 13.2 Å². The Morgan fingerprint density at radius 3 is 1.66 bits per heavy atom. The zero-order valence-electron chi connectivity index (χ0n) is 22.2. The van der Waals surface area contributed by atoms with Gasteiger partial charge in [-0.25, -0.2) is 9.59 Å². The van der Waals surface area contributed by atoms with Crippen molar-refractivity contribution in [2.75, 3.05) is 26.4 Å². The van der Waals surface area contributed by atoms with Crippen LogP contribution in [0.2, 0.25) is 0 Å². The summed E-state index contributed by atoms with van der Waals surface area (Å²) in [7, 11) is 0. The second kappa shape index (κ2) is 31.3. The Labute approximate surface area is 213 Å². The highest BCUT2D eigenvalue weighted by molar-refractivity contribution is 5.86. The van der Waals surface area contributed by atoms with Crippen molar-refractivity contribution in [3.63, 3.8) is 0 Å². The van der Waals surface area contributed by atoms with Crippen molar-refractivity contribution < 1.29 is 29.3 Å². The van der Waals surface area contributed by atoms with Gasteiger partial charge in [0.15, 0.2) is 0 Å². The molecule has 1 aromatic carbocycles. The summed E-state index contributed by atoms with van der Waals surface area (Å²) in [5.74, 6) is -0.614. The maximum atomic E-state index is 10.7. The number of hydrogen-bond donors (Lipinski definition) is 2. The van der Waals surface area contributed by atoms with Crippen molar-refractivity contribution in [1.82, 2.24) is 0 Å². The van der Waals surface area contributed by atoms with Crippen molar-refractivity contribution in [3.05, 3.63) is 67.3 Å². The van der Waals surface area contributed by atoms with Crippen molar-refractivity contribution in [3.8, 4) is 0 Å².